The molecule has 0 saturated heterocycles. The Morgan fingerprint density at radius 1 is 1.44 bits per heavy atom. The Hall–Kier alpha value is -1.03. The Morgan fingerprint density at radius 2 is 2.22 bits per heavy atom. The molecule has 0 aliphatic carbocycles. The van der Waals surface area contributed by atoms with E-state index in [1.165, 1.54) is 11.3 Å². The van der Waals surface area contributed by atoms with Crippen LogP contribution in [0.4, 0.5) is 0 Å². The summed E-state index contributed by atoms with van der Waals surface area (Å²) in [6.07, 6.45) is 3.28. The molecule has 0 saturated carbocycles. The third kappa shape index (κ3) is 7.33. The molecule has 1 aromatic rings. The van der Waals surface area contributed by atoms with Crippen molar-refractivity contribution in [3.63, 3.8) is 0 Å². The van der Waals surface area contributed by atoms with Gasteiger partial charge < -0.3 is 11.1 Å². The van der Waals surface area contributed by atoms with Crippen LogP contribution in [-0.4, -0.2) is 19.0 Å². The van der Waals surface area contributed by atoms with Crippen molar-refractivity contribution in [2.75, 3.05) is 13.1 Å². The zero-order chi connectivity index (χ0) is 13.4. The normalized spacial score (nSPS) is 12.7. The molecule has 0 unspecified atom stereocenters. The molecule has 1 rings (SSSR count). The Labute approximate surface area is 115 Å². The average molecular weight is 267 g/mol. The summed E-state index contributed by atoms with van der Waals surface area (Å²) < 4.78 is 0. The first-order chi connectivity index (χ1) is 8.47. The summed E-state index contributed by atoms with van der Waals surface area (Å²) in [5.41, 5.74) is 6.19. The lowest BCUT2D eigenvalue weighted by molar-refractivity contribution is 0.368. The fourth-order valence-corrected chi connectivity index (χ4v) is 2.34. The topological polar surface area (TPSA) is 50.4 Å². The van der Waals surface area contributed by atoms with Gasteiger partial charge in [0.1, 0.15) is 0 Å². The molecule has 0 spiro atoms. The summed E-state index contributed by atoms with van der Waals surface area (Å²) in [7, 11) is 0. The molecule has 102 valence electrons. The number of guanidine groups is 1. The molecule has 3 N–H and O–H groups in total. The fraction of sp³-hybridized carbons (Fsp3) is 0.643. The molecule has 1 aromatic heterocycles. The average Bonchev–Trinajstić information content (AvgIpc) is 2.76. The highest BCUT2D eigenvalue weighted by molar-refractivity contribution is 7.09. The van der Waals surface area contributed by atoms with Crippen molar-refractivity contribution in [2.24, 2.45) is 16.1 Å². The smallest absolute Gasteiger partial charge is 0.188 e. The van der Waals surface area contributed by atoms with Crippen LogP contribution in [0, 0.1) is 5.41 Å². The van der Waals surface area contributed by atoms with Crippen LogP contribution in [0.25, 0.3) is 0 Å². The Kier molecular flexibility index (Phi) is 6.19. The lowest BCUT2D eigenvalue weighted by Gasteiger charge is -2.16. The SMILES string of the molecule is CC(C)(C)CCCN=C(N)NCCc1cccs1. The van der Waals surface area contributed by atoms with E-state index in [1.807, 2.05) is 0 Å². The van der Waals surface area contributed by atoms with Crippen molar-refractivity contribution < 1.29 is 0 Å². The van der Waals surface area contributed by atoms with E-state index >= 15 is 0 Å². The molecule has 1 heterocycles. The number of hydrogen-bond donors (Lipinski definition) is 2. The van der Waals surface area contributed by atoms with Crippen molar-refractivity contribution in [3.05, 3.63) is 22.4 Å². The fourth-order valence-electron chi connectivity index (χ4n) is 1.63. The third-order valence-corrected chi connectivity index (χ3v) is 3.56. The van der Waals surface area contributed by atoms with Gasteiger partial charge >= 0.3 is 0 Å². The highest BCUT2D eigenvalue weighted by Gasteiger charge is 2.08. The predicted octanol–water partition coefficient (Wildman–Crippen LogP) is 3.02. The van der Waals surface area contributed by atoms with E-state index in [9.17, 15) is 0 Å². The van der Waals surface area contributed by atoms with Crippen molar-refractivity contribution in [3.8, 4) is 0 Å². The molecular weight excluding hydrogens is 242 g/mol. The number of nitrogens with one attached hydrogen (secondary N) is 1. The van der Waals surface area contributed by atoms with Gasteiger partial charge in [0.25, 0.3) is 0 Å². The predicted molar refractivity (Wildman–Crippen MR) is 81.2 cm³/mol. The molecule has 0 amide bonds. The Bertz CT molecular complexity index is 350. The monoisotopic (exact) mass is 267 g/mol. The van der Waals surface area contributed by atoms with Crippen molar-refractivity contribution in [1.29, 1.82) is 0 Å². The maximum Gasteiger partial charge on any atom is 0.188 e. The molecule has 4 heteroatoms. The number of rotatable bonds is 6. The number of aliphatic imine (C=N–C) groups is 1. The molecule has 0 aliphatic rings. The van der Waals surface area contributed by atoms with Crippen LogP contribution in [0.15, 0.2) is 22.5 Å². The van der Waals surface area contributed by atoms with Gasteiger partial charge in [0.15, 0.2) is 5.96 Å². The first-order valence-electron chi connectivity index (χ1n) is 6.53. The second-order valence-corrected chi connectivity index (χ2v) is 6.72. The zero-order valence-corrected chi connectivity index (χ0v) is 12.5. The van der Waals surface area contributed by atoms with Crippen LogP contribution >= 0.6 is 11.3 Å². The van der Waals surface area contributed by atoms with E-state index in [4.69, 9.17) is 5.73 Å². The lowest BCUT2D eigenvalue weighted by atomic mass is 9.91. The molecule has 0 fully saturated rings. The maximum atomic E-state index is 5.81. The minimum atomic E-state index is 0.386. The summed E-state index contributed by atoms with van der Waals surface area (Å²) >= 11 is 1.78. The molecule has 18 heavy (non-hydrogen) atoms. The van der Waals surface area contributed by atoms with Gasteiger partial charge in [0, 0.05) is 18.0 Å². The third-order valence-electron chi connectivity index (χ3n) is 2.62. The van der Waals surface area contributed by atoms with E-state index < -0.39 is 0 Å². The van der Waals surface area contributed by atoms with Gasteiger partial charge in [0.05, 0.1) is 0 Å². The second-order valence-electron chi connectivity index (χ2n) is 5.69. The van der Waals surface area contributed by atoms with Crippen molar-refractivity contribution in [1.82, 2.24) is 5.32 Å². The van der Waals surface area contributed by atoms with Crippen LogP contribution in [0.2, 0.25) is 0 Å². The Morgan fingerprint density at radius 3 is 2.83 bits per heavy atom. The van der Waals surface area contributed by atoms with Crippen LogP contribution in [0.3, 0.4) is 0 Å². The summed E-state index contributed by atoms with van der Waals surface area (Å²) in [5, 5.41) is 5.25. The standard InChI is InChI=1S/C14H25N3S/c1-14(2,3)8-5-9-16-13(15)17-10-7-12-6-4-11-18-12/h4,6,11H,5,7-10H2,1-3H3,(H3,15,16,17). The number of nitrogens with two attached hydrogens (primary N) is 1. The first kappa shape index (κ1) is 15.0. The molecular formula is C14H25N3S. The second kappa shape index (κ2) is 7.41. The van der Waals surface area contributed by atoms with E-state index in [0.717, 1.165) is 25.9 Å². The summed E-state index contributed by atoms with van der Waals surface area (Å²) in [5.74, 6) is 0.570. The van der Waals surface area contributed by atoms with Crippen LogP contribution in [0.5, 0.6) is 0 Å². The van der Waals surface area contributed by atoms with Gasteiger partial charge in [-0.3, -0.25) is 4.99 Å². The molecule has 3 nitrogen and oxygen atoms in total. The zero-order valence-electron chi connectivity index (χ0n) is 11.7. The van der Waals surface area contributed by atoms with Crippen molar-refractivity contribution >= 4 is 17.3 Å². The van der Waals surface area contributed by atoms with Gasteiger partial charge in [0.2, 0.25) is 0 Å². The highest BCUT2D eigenvalue weighted by atomic mass is 32.1. The van der Waals surface area contributed by atoms with Crippen molar-refractivity contribution in [2.45, 2.75) is 40.0 Å². The first-order valence-corrected chi connectivity index (χ1v) is 7.41. The molecule has 0 aromatic carbocycles. The van der Waals surface area contributed by atoms with E-state index in [2.05, 4.69) is 48.6 Å². The number of nitrogens with zero attached hydrogens (tertiary/aromatic N) is 1. The van der Waals surface area contributed by atoms with E-state index in [-0.39, 0.29) is 0 Å². The van der Waals surface area contributed by atoms with E-state index in [1.54, 1.807) is 11.3 Å². The van der Waals surface area contributed by atoms with Crippen LogP contribution in [0.1, 0.15) is 38.5 Å². The minimum Gasteiger partial charge on any atom is -0.370 e. The Balaban J connectivity index is 2.10. The number of thiophene rings is 1. The van der Waals surface area contributed by atoms with Gasteiger partial charge in [-0.1, -0.05) is 26.8 Å². The molecule has 0 bridgehead atoms. The van der Waals surface area contributed by atoms with Gasteiger partial charge in [-0.15, -0.1) is 11.3 Å². The summed E-state index contributed by atoms with van der Waals surface area (Å²) in [6.45, 7) is 8.42. The number of hydrogen-bond acceptors (Lipinski definition) is 2. The summed E-state index contributed by atoms with van der Waals surface area (Å²) in [4.78, 5) is 5.71. The van der Waals surface area contributed by atoms with Crippen LogP contribution in [-0.2, 0) is 6.42 Å². The largest absolute Gasteiger partial charge is 0.370 e. The molecule has 0 radical (unpaired) electrons. The maximum absolute atomic E-state index is 5.81. The lowest BCUT2D eigenvalue weighted by Crippen LogP contribution is -2.33. The molecule has 0 atom stereocenters. The van der Waals surface area contributed by atoms with Gasteiger partial charge in [-0.25, -0.2) is 0 Å². The quantitative estimate of drug-likeness (QED) is 0.473. The summed E-state index contributed by atoms with van der Waals surface area (Å²) in [6, 6.07) is 4.22. The van der Waals surface area contributed by atoms with Gasteiger partial charge in [-0.05, 0) is 36.1 Å². The van der Waals surface area contributed by atoms with Crippen LogP contribution < -0.4 is 11.1 Å². The highest BCUT2D eigenvalue weighted by Crippen LogP contribution is 2.20. The van der Waals surface area contributed by atoms with Gasteiger partial charge in [-0.2, -0.15) is 0 Å². The molecule has 0 aliphatic heterocycles. The minimum absolute atomic E-state index is 0.386. The van der Waals surface area contributed by atoms with E-state index in [0.29, 0.717) is 11.4 Å².